The number of nitrogens with one attached hydrogen (secondary N) is 1. The van der Waals surface area contributed by atoms with Crippen LogP contribution in [0, 0.1) is 18.7 Å². The number of methoxy groups -OCH3 is 1. The van der Waals surface area contributed by atoms with E-state index < -0.39 is 5.82 Å². The minimum atomic E-state index is -0.481. The van der Waals surface area contributed by atoms with E-state index in [1.807, 2.05) is 26.0 Å². The summed E-state index contributed by atoms with van der Waals surface area (Å²) in [6, 6.07) is 12.3. The smallest absolute Gasteiger partial charge is 0.251 e. The highest BCUT2D eigenvalue weighted by atomic mass is 35.5. The molecular formula is C32H33ClFN3O3. The number of nitrogens with zero attached hydrogens (tertiary/aromatic N) is 2. The normalized spacial score (nSPS) is 13.8. The molecule has 8 heteroatoms. The van der Waals surface area contributed by atoms with Crippen LogP contribution in [0.5, 0.6) is 11.5 Å². The predicted molar refractivity (Wildman–Crippen MR) is 156 cm³/mol. The van der Waals surface area contributed by atoms with Crippen molar-refractivity contribution in [1.82, 2.24) is 15.3 Å². The summed E-state index contributed by atoms with van der Waals surface area (Å²) in [6.45, 7) is 6.87. The molecule has 0 aliphatic heterocycles. The maximum absolute atomic E-state index is 14.0. The topological polar surface area (TPSA) is 73.3 Å². The van der Waals surface area contributed by atoms with Crippen LogP contribution in [0.15, 0.2) is 48.7 Å². The fourth-order valence-corrected chi connectivity index (χ4v) is 5.32. The van der Waals surface area contributed by atoms with E-state index in [4.69, 9.17) is 26.1 Å². The minimum absolute atomic E-state index is 0.0193. The summed E-state index contributed by atoms with van der Waals surface area (Å²) in [4.78, 5) is 22.9. The molecule has 2 aromatic carbocycles. The van der Waals surface area contributed by atoms with Crippen LogP contribution in [-0.4, -0.2) is 36.1 Å². The van der Waals surface area contributed by atoms with Crippen LogP contribution >= 0.6 is 11.6 Å². The molecule has 208 valence electrons. The van der Waals surface area contributed by atoms with Gasteiger partial charge in [0, 0.05) is 40.9 Å². The number of halogens is 2. The molecule has 1 N–H and O–H groups in total. The largest absolute Gasteiger partial charge is 0.494 e. The highest BCUT2D eigenvalue weighted by Crippen LogP contribution is 2.44. The lowest BCUT2D eigenvalue weighted by Gasteiger charge is -2.22. The van der Waals surface area contributed by atoms with Gasteiger partial charge < -0.3 is 14.8 Å². The third-order valence-electron chi connectivity index (χ3n) is 7.35. The second-order valence-corrected chi connectivity index (χ2v) is 10.6. The Bertz CT molecular complexity index is 1570. The summed E-state index contributed by atoms with van der Waals surface area (Å²) < 4.78 is 25.5. The van der Waals surface area contributed by atoms with Crippen molar-refractivity contribution >= 4 is 28.4 Å². The molecule has 0 radical (unpaired) electrons. The van der Waals surface area contributed by atoms with E-state index >= 15 is 0 Å². The fourth-order valence-electron chi connectivity index (χ4n) is 5.13. The van der Waals surface area contributed by atoms with E-state index in [9.17, 15) is 9.18 Å². The van der Waals surface area contributed by atoms with Crippen molar-refractivity contribution < 1.29 is 18.7 Å². The highest BCUT2D eigenvalue weighted by molar-refractivity contribution is 6.31. The summed E-state index contributed by atoms with van der Waals surface area (Å²) in [7, 11) is 1.58. The third kappa shape index (κ3) is 5.75. The molecule has 2 aromatic heterocycles. The van der Waals surface area contributed by atoms with Gasteiger partial charge in [-0.05, 0) is 92.6 Å². The third-order valence-corrected chi connectivity index (χ3v) is 7.64. The van der Waals surface area contributed by atoms with E-state index in [2.05, 4.69) is 23.3 Å². The van der Waals surface area contributed by atoms with Crippen LogP contribution in [0.1, 0.15) is 59.8 Å². The van der Waals surface area contributed by atoms with Gasteiger partial charge in [-0.2, -0.15) is 0 Å². The standard InChI is InChI=1S/C32H33ClFN3O3/c1-5-19-14-27(37-30(31(19)40-6-2)21-9-10-26(34)25(33)13-21)24(20-7-8-20)17-36-32(38)23-12-22-11-18(3)16-35-29(22)28(15-23)39-4/h9-16,20,24H,5-8,17H2,1-4H3,(H,36,38). The van der Waals surface area contributed by atoms with E-state index in [0.717, 1.165) is 47.0 Å². The number of benzene rings is 2. The first-order valence-corrected chi connectivity index (χ1v) is 14.0. The van der Waals surface area contributed by atoms with Crippen molar-refractivity contribution in [2.75, 3.05) is 20.3 Å². The van der Waals surface area contributed by atoms with E-state index in [1.165, 1.54) is 6.07 Å². The quantitative estimate of drug-likeness (QED) is 0.220. The Hall–Kier alpha value is -3.71. The second-order valence-electron chi connectivity index (χ2n) is 10.2. The Labute approximate surface area is 238 Å². The minimum Gasteiger partial charge on any atom is -0.494 e. The van der Waals surface area contributed by atoms with Gasteiger partial charge in [0.25, 0.3) is 5.91 Å². The van der Waals surface area contributed by atoms with Gasteiger partial charge in [0.05, 0.1) is 18.7 Å². The number of amides is 1. The zero-order chi connectivity index (χ0) is 28.4. The lowest BCUT2D eigenvalue weighted by molar-refractivity contribution is 0.0950. The van der Waals surface area contributed by atoms with Gasteiger partial charge in [-0.15, -0.1) is 0 Å². The SMILES string of the molecule is CCOc1c(CC)cc(C(CNC(=O)c2cc(OC)c3ncc(C)cc3c2)C2CC2)nc1-c1ccc(F)c(Cl)c1. The van der Waals surface area contributed by atoms with Gasteiger partial charge in [-0.25, -0.2) is 9.37 Å². The molecule has 0 spiro atoms. The predicted octanol–water partition coefficient (Wildman–Crippen LogP) is 7.29. The zero-order valence-electron chi connectivity index (χ0n) is 23.2. The van der Waals surface area contributed by atoms with Crippen LogP contribution in [0.25, 0.3) is 22.2 Å². The summed E-state index contributed by atoms with van der Waals surface area (Å²) in [5.74, 6) is 1.01. The number of hydrogen-bond donors (Lipinski definition) is 1. The molecule has 0 saturated heterocycles. The van der Waals surface area contributed by atoms with Crippen molar-refractivity contribution in [3.63, 3.8) is 0 Å². The lowest BCUT2D eigenvalue weighted by atomic mass is 9.95. The number of rotatable bonds is 10. The average Bonchev–Trinajstić information content (AvgIpc) is 3.79. The first kappa shape index (κ1) is 27.8. The Morgan fingerprint density at radius 2 is 1.98 bits per heavy atom. The van der Waals surface area contributed by atoms with Crippen molar-refractivity contribution in [1.29, 1.82) is 0 Å². The average molecular weight is 562 g/mol. The maximum Gasteiger partial charge on any atom is 0.251 e. The molecular weight excluding hydrogens is 529 g/mol. The Morgan fingerprint density at radius 3 is 2.65 bits per heavy atom. The molecule has 1 fully saturated rings. The Morgan fingerprint density at radius 1 is 1.18 bits per heavy atom. The summed E-state index contributed by atoms with van der Waals surface area (Å²) >= 11 is 6.14. The van der Waals surface area contributed by atoms with Crippen LogP contribution in [0.2, 0.25) is 5.02 Å². The van der Waals surface area contributed by atoms with Crippen LogP contribution in [0.3, 0.4) is 0 Å². The molecule has 2 heterocycles. The number of carbonyl (C=O) groups excluding carboxylic acids is 1. The fraction of sp³-hybridized carbons (Fsp3) is 0.344. The van der Waals surface area contributed by atoms with E-state index in [0.29, 0.717) is 47.4 Å². The van der Waals surface area contributed by atoms with Gasteiger partial charge in [-0.3, -0.25) is 9.78 Å². The Balaban J connectivity index is 1.47. The number of aryl methyl sites for hydroxylation is 2. The monoisotopic (exact) mass is 561 g/mol. The molecule has 1 amide bonds. The van der Waals surface area contributed by atoms with Gasteiger partial charge in [0.1, 0.15) is 28.5 Å². The summed E-state index contributed by atoms with van der Waals surface area (Å²) in [5.41, 5.74) is 5.47. The summed E-state index contributed by atoms with van der Waals surface area (Å²) in [6.07, 6.45) is 4.67. The van der Waals surface area contributed by atoms with Crippen molar-refractivity contribution in [2.24, 2.45) is 5.92 Å². The number of ether oxygens (including phenoxy) is 2. The Kier molecular flexibility index (Phi) is 8.22. The van der Waals surface area contributed by atoms with Gasteiger partial charge in [0.15, 0.2) is 0 Å². The van der Waals surface area contributed by atoms with Gasteiger partial charge in [-0.1, -0.05) is 18.5 Å². The molecule has 1 saturated carbocycles. The van der Waals surface area contributed by atoms with E-state index in [-0.39, 0.29) is 16.8 Å². The molecule has 40 heavy (non-hydrogen) atoms. The molecule has 1 aliphatic rings. The zero-order valence-corrected chi connectivity index (χ0v) is 23.9. The number of pyridine rings is 2. The highest BCUT2D eigenvalue weighted by Gasteiger charge is 2.34. The maximum atomic E-state index is 14.0. The first-order chi connectivity index (χ1) is 19.3. The van der Waals surface area contributed by atoms with Gasteiger partial charge in [0.2, 0.25) is 0 Å². The molecule has 1 unspecified atom stereocenters. The number of fused-ring (bicyclic) bond motifs is 1. The second kappa shape index (κ2) is 11.8. The molecule has 5 rings (SSSR count). The van der Waals surface area contributed by atoms with Gasteiger partial charge >= 0.3 is 0 Å². The number of hydrogen-bond acceptors (Lipinski definition) is 5. The molecule has 6 nitrogen and oxygen atoms in total. The van der Waals surface area contributed by atoms with Crippen molar-refractivity contribution in [3.8, 4) is 22.8 Å². The van der Waals surface area contributed by atoms with E-state index in [1.54, 1.807) is 31.5 Å². The van der Waals surface area contributed by atoms with Crippen molar-refractivity contribution in [2.45, 2.75) is 46.0 Å². The molecule has 1 atom stereocenters. The lowest BCUT2D eigenvalue weighted by Crippen LogP contribution is -2.30. The van der Waals surface area contributed by atoms with Crippen molar-refractivity contribution in [3.05, 3.63) is 81.9 Å². The molecule has 4 aromatic rings. The summed E-state index contributed by atoms with van der Waals surface area (Å²) in [5, 5.41) is 4.03. The first-order valence-electron chi connectivity index (χ1n) is 13.7. The van der Waals surface area contributed by atoms with Crippen LogP contribution < -0.4 is 14.8 Å². The van der Waals surface area contributed by atoms with Crippen LogP contribution in [-0.2, 0) is 6.42 Å². The number of carbonyl (C=O) groups is 1. The van der Waals surface area contributed by atoms with Crippen LogP contribution in [0.4, 0.5) is 4.39 Å². The number of aromatic nitrogens is 2. The molecule has 0 bridgehead atoms. The molecule has 1 aliphatic carbocycles.